The van der Waals surface area contributed by atoms with Gasteiger partial charge in [-0.3, -0.25) is 4.79 Å². The van der Waals surface area contributed by atoms with E-state index in [4.69, 9.17) is 5.73 Å². The van der Waals surface area contributed by atoms with Crippen LogP contribution in [0.15, 0.2) is 5.51 Å². The van der Waals surface area contributed by atoms with Crippen molar-refractivity contribution in [3.05, 3.63) is 5.51 Å². The van der Waals surface area contributed by atoms with Gasteiger partial charge in [0.1, 0.15) is 5.51 Å². The Morgan fingerprint density at radius 2 is 2.40 bits per heavy atom. The number of carbonyl (C=O) groups excluding carboxylic acids is 1. The fraction of sp³-hybridized carbons (Fsp3) is 0.625. The van der Waals surface area contributed by atoms with E-state index in [0.29, 0.717) is 5.13 Å². The topological polar surface area (TPSA) is 80.9 Å². The maximum absolute atomic E-state index is 11.6. The van der Waals surface area contributed by atoms with Crippen molar-refractivity contribution < 1.29 is 4.79 Å². The minimum Gasteiger partial charge on any atom is -0.328 e. The Balaban J connectivity index is 0.00000112. The van der Waals surface area contributed by atoms with Crippen LogP contribution in [0.1, 0.15) is 19.3 Å². The van der Waals surface area contributed by atoms with Crippen molar-refractivity contribution >= 4 is 34.8 Å². The molecule has 15 heavy (non-hydrogen) atoms. The van der Waals surface area contributed by atoms with Gasteiger partial charge in [-0.1, -0.05) is 11.3 Å². The van der Waals surface area contributed by atoms with Crippen molar-refractivity contribution in [2.75, 3.05) is 5.32 Å². The Hall–Kier alpha value is -0.720. The van der Waals surface area contributed by atoms with E-state index in [1.165, 1.54) is 11.3 Å². The van der Waals surface area contributed by atoms with Crippen LogP contribution < -0.4 is 11.1 Å². The normalized spacial score (nSPS) is 24.6. The molecular weight excluding hydrogens is 236 g/mol. The lowest BCUT2D eigenvalue weighted by atomic mass is 10.1. The van der Waals surface area contributed by atoms with Gasteiger partial charge in [-0.05, 0) is 19.3 Å². The van der Waals surface area contributed by atoms with Gasteiger partial charge in [-0.2, -0.15) is 0 Å². The summed E-state index contributed by atoms with van der Waals surface area (Å²) in [5, 5.41) is 10.7. The summed E-state index contributed by atoms with van der Waals surface area (Å²) in [6.45, 7) is 0. The molecule has 0 spiro atoms. The minimum atomic E-state index is 0. The summed E-state index contributed by atoms with van der Waals surface area (Å²) in [7, 11) is 0. The number of rotatable bonds is 2. The molecule has 7 heteroatoms. The van der Waals surface area contributed by atoms with Gasteiger partial charge in [0, 0.05) is 12.0 Å². The van der Waals surface area contributed by atoms with Crippen LogP contribution in [0, 0.1) is 5.92 Å². The van der Waals surface area contributed by atoms with Crippen molar-refractivity contribution in [1.82, 2.24) is 10.2 Å². The second-order valence-corrected chi connectivity index (χ2v) is 4.34. The number of anilines is 1. The first-order chi connectivity index (χ1) is 6.75. The van der Waals surface area contributed by atoms with Crippen molar-refractivity contribution in [1.29, 1.82) is 0 Å². The van der Waals surface area contributed by atoms with Gasteiger partial charge < -0.3 is 11.1 Å². The molecule has 5 nitrogen and oxygen atoms in total. The summed E-state index contributed by atoms with van der Waals surface area (Å²) < 4.78 is 0. The van der Waals surface area contributed by atoms with Gasteiger partial charge in [-0.15, -0.1) is 22.6 Å². The third kappa shape index (κ3) is 3.12. The van der Waals surface area contributed by atoms with E-state index in [-0.39, 0.29) is 30.3 Å². The van der Waals surface area contributed by atoms with E-state index in [2.05, 4.69) is 15.5 Å². The predicted molar refractivity (Wildman–Crippen MR) is 61.1 cm³/mol. The molecule has 0 radical (unpaired) electrons. The van der Waals surface area contributed by atoms with Crippen LogP contribution in [0.5, 0.6) is 0 Å². The van der Waals surface area contributed by atoms with Crippen molar-refractivity contribution in [3.8, 4) is 0 Å². The molecule has 1 aromatic heterocycles. The van der Waals surface area contributed by atoms with E-state index in [1.54, 1.807) is 5.51 Å². The molecule has 2 rings (SSSR count). The van der Waals surface area contributed by atoms with Crippen LogP contribution in [-0.2, 0) is 4.79 Å². The lowest BCUT2D eigenvalue weighted by Crippen LogP contribution is -2.23. The number of nitrogens with two attached hydrogens (primary N) is 1. The highest BCUT2D eigenvalue weighted by Crippen LogP contribution is 2.25. The summed E-state index contributed by atoms with van der Waals surface area (Å²) >= 11 is 1.33. The fourth-order valence-corrected chi connectivity index (χ4v) is 2.14. The Kier molecular flexibility index (Phi) is 4.44. The third-order valence-corrected chi connectivity index (χ3v) is 3.04. The Labute approximate surface area is 97.9 Å². The first kappa shape index (κ1) is 12.4. The van der Waals surface area contributed by atoms with Gasteiger partial charge in [-0.25, -0.2) is 0 Å². The molecule has 2 unspecified atom stereocenters. The molecule has 1 heterocycles. The summed E-state index contributed by atoms with van der Waals surface area (Å²) in [6.07, 6.45) is 2.60. The standard InChI is InChI=1S/C8H12N4OS.ClH/c9-6-2-1-5(3-6)7(13)11-8-12-10-4-14-8;/h4-6H,1-3,9H2,(H,11,12,13);1H. The molecule has 1 amide bonds. The number of hydrogen-bond acceptors (Lipinski definition) is 5. The lowest BCUT2D eigenvalue weighted by molar-refractivity contribution is -0.119. The van der Waals surface area contributed by atoms with Crippen molar-refractivity contribution in [2.45, 2.75) is 25.3 Å². The third-order valence-electron chi connectivity index (χ3n) is 2.43. The van der Waals surface area contributed by atoms with Gasteiger partial charge in [0.25, 0.3) is 0 Å². The van der Waals surface area contributed by atoms with E-state index < -0.39 is 0 Å². The Bertz CT molecular complexity index is 318. The number of nitrogens with one attached hydrogen (secondary N) is 1. The lowest BCUT2D eigenvalue weighted by Gasteiger charge is -2.07. The van der Waals surface area contributed by atoms with Crippen molar-refractivity contribution in [2.24, 2.45) is 11.7 Å². The number of aromatic nitrogens is 2. The highest BCUT2D eigenvalue weighted by atomic mass is 35.5. The molecule has 0 bridgehead atoms. The maximum atomic E-state index is 11.6. The molecule has 1 fully saturated rings. The minimum absolute atomic E-state index is 0. The molecule has 1 aliphatic carbocycles. The van der Waals surface area contributed by atoms with Crippen LogP contribution >= 0.6 is 23.7 Å². The molecule has 0 aromatic carbocycles. The number of nitrogens with zero attached hydrogens (tertiary/aromatic N) is 2. The van der Waals surface area contributed by atoms with E-state index in [1.807, 2.05) is 0 Å². The van der Waals surface area contributed by atoms with Crippen LogP contribution in [-0.4, -0.2) is 22.1 Å². The summed E-state index contributed by atoms with van der Waals surface area (Å²) in [5.74, 6) is 0.0728. The average Bonchev–Trinajstić information content (AvgIpc) is 2.75. The zero-order valence-corrected chi connectivity index (χ0v) is 9.68. The number of amides is 1. The largest absolute Gasteiger partial charge is 0.328 e. The second kappa shape index (κ2) is 5.39. The first-order valence-corrected chi connectivity index (χ1v) is 5.46. The predicted octanol–water partition coefficient (Wildman–Crippen LogP) is 1.03. The fourth-order valence-electron chi connectivity index (χ4n) is 1.69. The maximum Gasteiger partial charge on any atom is 0.229 e. The Morgan fingerprint density at radius 1 is 1.60 bits per heavy atom. The number of hydrogen-bond donors (Lipinski definition) is 2. The van der Waals surface area contributed by atoms with Gasteiger partial charge in [0.2, 0.25) is 11.0 Å². The van der Waals surface area contributed by atoms with Crippen molar-refractivity contribution in [3.63, 3.8) is 0 Å². The van der Waals surface area contributed by atoms with Gasteiger partial charge in [0.05, 0.1) is 0 Å². The number of carbonyl (C=O) groups is 1. The zero-order valence-electron chi connectivity index (χ0n) is 8.05. The molecule has 3 N–H and O–H groups in total. The van der Waals surface area contributed by atoms with Crippen LogP contribution in [0.2, 0.25) is 0 Å². The van der Waals surface area contributed by atoms with Crippen LogP contribution in [0.3, 0.4) is 0 Å². The van der Waals surface area contributed by atoms with E-state index in [9.17, 15) is 4.79 Å². The monoisotopic (exact) mass is 248 g/mol. The molecule has 84 valence electrons. The van der Waals surface area contributed by atoms with Gasteiger partial charge >= 0.3 is 0 Å². The van der Waals surface area contributed by atoms with Gasteiger partial charge in [0.15, 0.2) is 0 Å². The van der Waals surface area contributed by atoms with E-state index in [0.717, 1.165) is 19.3 Å². The quantitative estimate of drug-likeness (QED) is 0.819. The van der Waals surface area contributed by atoms with Crippen LogP contribution in [0.25, 0.3) is 0 Å². The van der Waals surface area contributed by atoms with Crippen LogP contribution in [0.4, 0.5) is 5.13 Å². The Morgan fingerprint density at radius 3 is 2.93 bits per heavy atom. The highest BCUT2D eigenvalue weighted by molar-refractivity contribution is 7.13. The molecule has 1 saturated carbocycles. The zero-order chi connectivity index (χ0) is 9.97. The summed E-state index contributed by atoms with van der Waals surface area (Å²) in [6, 6.07) is 0.181. The molecule has 2 atom stereocenters. The second-order valence-electron chi connectivity index (χ2n) is 3.50. The number of halogens is 1. The molecule has 0 aliphatic heterocycles. The summed E-state index contributed by atoms with van der Waals surface area (Å²) in [4.78, 5) is 11.6. The molecule has 0 saturated heterocycles. The molecule has 1 aromatic rings. The first-order valence-electron chi connectivity index (χ1n) is 4.58. The molecule has 1 aliphatic rings. The smallest absolute Gasteiger partial charge is 0.229 e. The molecular formula is C8H13ClN4OS. The average molecular weight is 249 g/mol. The SMILES string of the molecule is Cl.NC1CCC(C(=O)Nc2nncs2)C1. The highest BCUT2D eigenvalue weighted by Gasteiger charge is 2.28. The van der Waals surface area contributed by atoms with E-state index >= 15 is 0 Å². The summed E-state index contributed by atoms with van der Waals surface area (Å²) in [5.41, 5.74) is 7.32.